The number of hydrogen-bond donors (Lipinski definition) is 1. The van der Waals surface area contributed by atoms with Crippen molar-refractivity contribution in [1.82, 2.24) is 9.13 Å². The highest BCUT2D eigenvalue weighted by Crippen LogP contribution is 2.16. The summed E-state index contributed by atoms with van der Waals surface area (Å²) in [6.45, 7) is 2.60. The maximum atomic E-state index is 13.1. The van der Waals surface area contributed by atoms with Crippen LogP contribution in [0.15, 0.2) is 77.9 Å². The topological polar surface area (TPSA) is 56.0 Å². The van der Waals surface area contributed by atoms with E-state index in [2.05, 4.69) is 24.4 Å². The first-order valence-corrected chi connectivity index (χ1v) is 9.67. The van der Waals surface area contributed by atoms with Crippen molar-refractivity contribution in [3.63, 3.8) is 0 Å². The van der Waals surface area contributed by atoms with E-state index in [4.69, 9.17) is 11.6 Å². The number of aromatic nitrogens is 2. The highest BCUT2D eigenvalue weighted by molar-refractivity contribution is 6.30. The van der Waals surface area contributed by atoms with E-state index in [1.165, 1.54) is 10.1 Å². The highest BCUT2D eigenvalue weighted by Gasteiger charge is 2.12. The molecule has 146 valence electrons. The molecule has 0 atom stereocenters. The van der Waals surface area contributed by atoms with Crippen molar-refractivity contribution in [2.45, 2.75) is 20.0 Å². The molecule has 2 heterocycles. The molecular formula is C23H20ClN3O2. The Morgan fingerprint density at radius 2 is 1.66 bits per heavy atom. The van der Waals surface area contributed by atoms with Crippen LogP contribution in [-0.4, -0.2) is 15.0 Å². The van der Waals surface area contributed by atoms with Crippen LogP contribution in [0.3, 0.4) is 0 Å². The number of anilines is 1. The molecule has 1 amide bonds. The molecule has 6 heteroatoms. The van der Waals surface area contributed by atoms with Gasteiger partial charge in [-0.1, -0.05) is 35.9 Å². The Morgan fingerprint density at radius 3 is 2.38 bits per heavy atom. The Bertz CT molecular complexity index is 1240. The first kappa shape index (κ1) is 19.0. The minimum atomic E-state index is -0.272. The number of amides is 1. The molecule has 4 aromatic rings. The molecule has 0 unspecified atom stereocenters. The molecule has 1 N–H and O–H groups in total. The van der Waals surface area contributed by atoms with E-state index in [0.717, 1.165) is 10.9 Å². The fourth-order valence-electron chi connectivity index (χ4n) is 3.36. The predicted molar refractivity (Wildman–Crippen MR) is 117 cm³/mol. The normalized spacial score (nSPS) is 11.0. The smallest absolute Gasteiger partial charge is 0.275 e. The van der Waals surface area contributed by atoms with Gasteiger partial charge in [-0.3, -0.25) is 9.59 Å². The second-order valence-corrected chi connectivity index (χ2v) is 7.41. The maximum Gasteiger partial charge on any atom is 0.275 e. The van der Waals surface area contributed by atoms with Gasteiger partial charge in [0.1, 0.15) is 12.1 Å². The van der Waals surface area contributed by atoms with Crippen molar-refractivity contribution < 1.29 is 4.79 Å². The summed E-state index contributed by atoms with van der Waals surface area (Å²) in [6.07, 6.45) is 3.57. The Morgan fingerprint density at radius 1 is 0.966 bits per heavy atom. The third-order valence-electron chi connectivity index (χ3n) is 4.94. The van der Waals surface area contributed by atoms with Gasteiger partial charge in [0.15, 0.2) is 0 Å². The van der Waals surface area contributed by atoms with Crippen LogP contribution in [0.2, 0.25) is 5.02 Å². The number of nitrogens with one attached hydrogen (secondary N) is 1. The van der Waals surface area contributed by atoms with Gasteiger partial charge in [-0.05, 0) is 54.4 Å². The Balaban J connectivity index is 1.60. The molecule has 0 bridgehead atoms. The first-order chi connectivity index (χ1) is 14.0. The van der Waals surface area contributed by atoms with E-state index in [1.54, 1.807) is 30.5 Å². The lowest BCUT2D eigenvalue weighted by atomic mass is 10.1. The van der Waals surface area contributed by atoms with Gasteiger partial charge in [-0.25, -0.2) is 0 Å². The van der Waals surface area contributed by atoms with Gasteiger partial charge in [-0.2, -0.15) is 0 Å². The molecule has 0 aliphatic rings. The van der Waals surface area contributed by atoms with Gasteiger partial charge < -0.3 is 14.5 Å². The van der Waals surface area contributed by atoms with Crippen LogP contribution in [0.1, 0.15) is 11.1 Å². The summed E-state index contributed by atoms with van der Waals surface area (Å²) in [6, 6.07) is 18.7. The Labute approximate surface area is 173 Å². The van der Waals surface area contributed by atoms with Crippen LogP contribution in [0, 0.1) is 6.92 Å². The number of rotatable bonds is 5. The molecule has 29 heavy (non-hydrogen) atoms. The van der Waals surface area contributed by atoms with Crippen LogP contribution >= 0.6 is 11.6 Å². The number of benzene rings is 2. The quantitative estimate of drug-likeness (QED) is 0.533. The average molecular weight is 406 g/mol. The minimum Gasteiger partial charge on any atom is -0.339 e. The number of halogens is 1. The van der Waals surface area contributed by atoms with Crippen molar-refractivity contribution in [2.24, 2.45) is 0 Å². The molecule has 0 saturated carbocycles. The van der Waals surface area contributed by atoms with Crippen LogP contribution in [0.25, 0.3) is 10.9 Å². The maximum absolute atomic E-state index is 13.1. The van der Waals surface area contributed by atoms with E-state index < -0.39 is 0 Å². The fourth-order valence-corrected chi connectivity index (χ4v) is 3.49. The van der Waals surface area contributed by atoms with Gasteiger partial charge in [-0.15, -0.1) is 0 Å². The second kappa shape index (κ2) is 7.97. The molecule has 0 aliphatic carbocycles. The molecule has 0 fully saturated rings. The van der Waals surface area contributed by atoms with E-state index in [9.17, 15) is 9.59 Å². The van der Waals surface area contributed by atoms with Gasteiger partial charge in [0.2, 0.25) is 5.91 Å². The van der Waals surface area contributed by atoms with Crippen LogP contribution in [-0.2, 0) is 17.9 Å². The fraction of sp³-hybridized carbons (Fsp3) is 0.130. The third-order valence-corrected chi connectivity index (χ3v) is 5.19. The van der Waals surface area contributed by atoms with Crippen LogP contribution in [0.5, 0.6) is 0 Å². The molecule has 0 saturated heterocycles. The zero-order chi connectivity index (χ0) is 20.4. The lowest BCUT2D eigenvalue weighted by molar-refractivity contribution is -0.116. The number of carbonyl (C=O) groups excluding carboxylic acids is 1. The van der Waals surface area contributed by atoms with Crippen molar-refractivity contribution in [3.05, 3.63) is 99.6 Å². The standard InChI is InChI=1S/C23H20ClN3O2/c1-16-4-2-3-5-18(16)14-26-12-10-17-11-13-27(23(29)22(17)26)15-21(28)25-20-8-6-19(24)7-9-20/h2-13H,14-15H2,1H3,(H,25,28). The van der Waals surface area contributed by atoms with E-state index in [-0.39, 0.29) is 18.0 Å². The third kappa shape index (κ3) is 4.10. The Hall–Kier alpha value is -3.31. The lowest BCUT2D eigenvalue weighted by Gasteiger charge is -2.11. The minimum absolute atomic E-state index is 0.0626. The number of aryl methyl sites for hydroxylation is 1. The molecular weight excluding hydrogens is 386 g/mol. The number of carbonyl (C=O) groups is 1. The summed E-state index contributed by atoms with van der Waals surface area (Å²) in [5, 5.41) is 4.24. The highest BCUT2D eigenvalue weighted by atomic mass is 35.5. The van der Waals surface area contributed by atoms with Crippen molar-refractivity contribution in [2.75, 3.05) is 5.32 Å². The first-order valence-electron chi connectivity index (χ1n) is 9.29. The molecule has 0 radical (unpaired) electrons. The second-order valence-electron chi connectivity index (χ2n) is 6.98. The largest absolute Gasteiger partial charge is 0.339 e. The number of hydrogen-bond acceptors (Lipinski definition) is 2. The summed E-state index contributed by atoms with van der Waals surface area (Å²) in [7, 11) is 0. The SMILES string of the molecule is Cc1ccccc1Cn1ccc2ccn(CC(=O)Nc3ccc(Cl)cc3)c(=O)c21. The number of fused-ring (bicyclic) bond motifs is 1. The number of pyridine rings is 1. The molecule has 4 rings (SSSR count). The summed E-state index contributed by atoms with van der Waals surface area (Å²) < 4.78 is 3.37. The monoisotopic (exact) mass is 405 g/mol. The molecule has 0 spiro atoms. The van der Waals surface area contributed by atoms with Gasteiger partial charge in [0, 0.05) is 35.0 Å². The van der Waals surface area contributed by atoms with E-state index in [0.29, 0.717) is 22.8 Å². The summed E-state index contributed by atoms with van der Waals surface area (Å²) in [4.78, 5) is 25.5. The van der Waals surface area contributed by atoms with Gasteiger partial charge in [0.25, 0.3) is 5.56 Å². The van der Waals surface area contributed by atoms with Crippen molar-refractivity contribution in [3.8, 4) is 0 Å². The van der Waals surface area contributed by atoms with E-state index >= 15 is 0 Å². The zero-order valence-electron chi connectivity index (χ0n) is 15.9. The molecule has 5 nitrogen and oxygen atoms in total. The van der Waals surface area contributed by atoms with Crippen molar-refractivity contribution in [1.29, 1.82) is 0 Å². The van der Waals surface area contributed by atoms with E-state index in [1.807, 2.05) is 35.0 Å². The molecule has 0 aliphatic heterocycles. The zero-order valence-corrected chi connectivity index (χ0v) is 16.7. The number of nitrogens with zero attached hydrogens (tertiary/aromatic N) is 2. The summed E-state index contributed by atoms with van der Waals surface area (Å²) in [5.74, 6) is -0.272. The van der Waals surface area contributed by atoms with Crippen LogP contribution in [0.4, 0.5) is 5.69 Å². The van der Waals surface area contributed by atoms with Gasteiger partial charge in [0.05, 0.1) is 0 Å². The molecule has 2 aromatic carbocycles. The summed E-state index contributed by atoms with van der Waals surface area (Å²) in [5.41, 5.74) is 3.37. The van der Waals surface area contributed by atoms with Crippen LogP contribution < -0.4 is 10.9 Å². The predicted octanol–water partition coefficient (Wildman–Crippen LogP) is 4.45. The van der Waals surface area contributed by atoms with Gasteiger partial charge >= 0.3 is 0 Å². The lowest BCUT2D eigenvalue weighted by Crippen LogP contribution is -2.28. The average Bonchev–Trinajstić information content (AvgIpc) is 3.11. The molecule has 2 aromatic heterocycles. The van der Waals surface area contributed by atoms with Crippen molar-refractivity contribution >= 4 is 34.1 Å². The Kier molecular flexibility index (Phi) is 5.23. The summed E-state index contributed by atoms with van der Waals surface area (Å²) >= 11 is 5.87.